The summed E-state index contributed by atoms with van der Waals surface area (Å²) in [5.74, 6) is 0.269. The number of ether oxygens (including phenoxy) is 2. The van der Waals surface area contributed by atoms with Crippen LogP contribution in [-0.4, -0.2) is 35.2 Å². The first-order valence-electron chi connectivity index (χ1n) is 17.3. The molecule has 0 aromatic heterocycles. The molecule has 240 valence electrons. The van der Waals surface area contributed by atoms with Crippen molar-refractivity contribution in [3.8, 4) is 0 Å². The van der Waals surface area contributed by atoms with Gasteiger partial charge >= 0.3 is 17.9 Å². The molecular formula is C38H52O6. The molecule has 5 saturated carbocycles. The Balaban J connectivity index is 1.17. The summed E-state index contributed by atoms with van der Waals surface area (Å²) in [7, 11) is 0. The molecule has 1 aliphatic heterocycles. The van der Waals surface area contributed by atoms with E-state index in [0.29, 0.717) is 23.7 Å². The molecule has 5 aliphatic carbocycles. The van der Waals surface area contributed by atoms with Gasteiger partial charge in [-0.15, -0.1) is 0 Å². The molecule has 0 spiro atoms. The minimum atomic E-state index is -1.11. The van der Waals surface area contributed by atoms with Crippen molar-refractivity contribution in [2.24, 2.45) is 56.2 Å². The van der Waals surface area contributed by atoms with Crippen LogP contribution in [0.4, 0.5) is 0 Å². The highest BCUT2D eigenvalue weighted by Gasteiger charge is 2.75. The van der Waals surface area contributed by atoms with E-state index in [1.54, 1.807) is 18.2 Å². The van der Waals surface area contributed by atoms with E-state index in [1.807, 2.05) is 0 Å². The Morgan fingerprint density at radius 1 is 0.795 bits per heavy atom. The lowest BCUT2D eigenvalue weighted by Gasteiger charge is -2.73. The number of aromatic carboxylic acids is 1. The highest BCUT2D eigenvalue weighted by Crippen LogP contribution is 2.78. The summed E-state index contributed by atoms with van der Waals surface area (Å²) < 4.78 is 12.5. The standard InChI is InChI=1S/C38H52O6/c1-33(2)18-20-38-21-19-36(6)24(28(38)29(33)44-32(38)42)12-13-26-35(5)16-15-27(34(3,4)25(35)14-17-37(26,36)7)43-31(41)23-11-9-8-10-22(23)30(39)40/h8-11,24-29H,12-21H2,1-7H3,(H,39,40)/t24-,25+,26+,27+,28-,29+,35+,36-,37-,38+/m1/s1. The number of carboxylic acid groups (broad SMARTS) is 1. The molecule has 44 heavy (non-hydrogen) atoms. The Morgan fingerprint density at radius 3 is 2.18 bits per heavy atom. The van der Waals surface area contributed by atoms with Crippen molar-refractivity contribution >= 4 is 17.9 Å². The van der Waals surface area contributed by atoms with E-state index >= 15 is 0 Å². The molecule has 10 atom stereocenters. The summed E-state index contributed by atoms with van der Waals surface area (Å²) in [6, 6.07) is 6.36. The van der Waals surface area contributed by atoms with Crippen LogP contribution in [0.15, 0.2) is 24.3 Å². The molecule has 6 nitrogen and oxygen atoms in total. The molecule has 1 N–H and O–H groups in total. The van der Waals surface area contributed by atoms with Crippen molar-refractivity contribution in [1.82, 2.24) is 0 Å². The van der Waals surface area contributed by atoms with E-state index < -0.39 is 11.9 Å². The smallest absolute Gasteiger partial charge is 0.339 e. The lowest BCUT2D eigenvalue weighted by molar-refractivity contribution is -0.252. The number of hydrogen-bond donors (Lipinski definition) is 1. The maximum absolute atomic E-state index is 13.5. The predicted molar refractivity (Wildman–Crippen MR) is 167 cm³/mol. The molecule has 0 amide bonds. The van der Waals surface area contributed by atoms with Gasteiger partial charge in [0.15, 0.2) is 0 Å². The summed E-state index contributed by atoms with van der Waals surface area (Å²) in [6.45, 7) is 16.9. The number of carbonyl (C=O) groups is 3. The van der Waals surface area contributed by atoms with E-state index in [-0.39, 0.29) is 61.8 Å². The lowest BCUT2D eigenvalue weighted by atomic mass is 9.31. The lowest BCUT2D eigenvalue weighted by Crippen LogP contribution is -2.68. The second kappa shape index (κ2) is 9.35. The zero-order valence-electron chi connectivity index (χ0n) is 27.8. The molecule has 6 fully saturated rings. The first kappa shape index (κ1) is 30.3. The fourth-order valence-corrected chi connectivity index (χ4v) is 13.1. The average Bonchev–Trinajstić information content (AvgIpc) is 3.22. The largest absolute Gasteiger partial charge is 0.478 e. The SMILES string of the molecule is CC1(C)CC[C@]23CC[C@]4(C)[C@H](CC[C@H]5[C@@]6(C)CC[C@H](OC(=O)c7ccccc7C(=O)O)C(C)(C)[C@@H]6CC[C@]54C)[C@@H]2[C@@H]1OC3=O. The van der Waals surface area contributed by atoms with Gasteiger partial charge < -0.3 is 14.6 Å². The maximum Gasteiger partial charge on any atom is 0.339 e. The zero-order valence-corrected chi connectivity index (χ0v) is 27.8. The number of hydrogen-bond acceptors (Lipinski definition) is 5. The third kappa shape index (κ3) is 3.69. The van der Waals surface area contributed by atoms with Crippen LogP contribution >= 0.6 is 0 Å². The molecule has 0 radical (unpaired) electrons. The molecule has 1 aromatic rings. The summed E-state index contributed by atoms with van der Waals surface area (Å²) in [5.41, 5.74) is 0.109. The van der Waals surface area contributed by atoms with E-state index in [1.165, 1.54) is 18.9 Å². The van der Waals surface area contributed by atoms with Crippen LogP contribution in [0, 0.1) is 56.2 Å². The van der Waals surface area contributed by atoms with Gasteiger partial charge in [0.05, 0.1) is 16.5 Å². The Hall–Kier alpha value is -2.37. The van der Waals surface area contributed by atoms with Gasteiger partial charge in [0.25, 0.3) is 0 Å². The van der Waals surface area contributed by atoms with E-state index in [0.717, 1.165) is 51.4 Å². The highest BCUT2D eigenvalue weighted by molar-refractivity contribution is 6.02. The van der Waals surface area contributed by atoms with Crippen molar-refractivity contribution in [3.63, 3.8) is 0 Å². The van der Waals surface area contributed by atoms with Crippen LogP contribution in [-0.2, 0) is 14.3 Å². The third-order valence-corrected chi connectivity index (χ3v) is 15.6. The van der Waals surface area contributed by atoms with Crippen LogP contribution in [0.3, 0.4) is 0 Å². The van der Waals surface area contributed by atoms with Gasteiger partial charge in [0, 0.05) is 16.7 Å². The van der Waals surface area contributed by atoms with Crippen LogP contribution < -0.4 is 0 Å². The molecule has 2 bridgehead atoms. The Bertz CT molecular complexity index is 1410. The molecule has 7 rings (SSSR count). The average molecular weight is 605 g/mol. The van der Waals surface area contributed by atoms with Crippen molar-refractivity contribution in [3.05, 3.63) is 35.4 Å². The number of benzene rings is 1. The topological polar surface area (TPSA) is 89.9 Å². The van der Waals surface area contributed by atoms with Crippen LogP contribution in [0.1, 0.15) is 133 Å². The minimum Gasteiger partial charge on any atom is -0.478 e. The molecule has 1 saturated heterocycles. The van der Waals surface area contributed by atoms with Gasteiger partial charge in [0.2, 0.25) is 0 Å². The predicted octanol–water partition coefficient (Wildman–Crippen LogP) is 8.33. The second-order valence-corrected chi connectivity index (χ2v) is 17.8. The van der Waals surface area contributed by atoms with Crippen LogP contribution in [0.2, 0.25) is 0 Å². The van der Waals surface area contributed by atoms with Crippen molar-refractivity contribution < 1.29 is 29.0 Å². The van der Waals surface area contributed by atoms with Crippen LogP contribution in [0.25, 0.3) is 0 Å². The first-order valence-corrected chi connectivity index (χ1v) is 17.3. The van der Waals surface area contributed by atoms with Crippen LogP contribution in [0.5, 0.6) is 0 Å². The van der Waals surface area contributed by atoms with E-state index in [4.69, 9.17) is 9.47 Å². The molecule has 6 aliphatic rings. The van der Waals surface area contributed by atoms with E-state index in [9.17, 15) is 19.5 Å². The monoisotopic (exact) mass is 604 g/mol. The third-order valence-electron chi connectivity index (χ3n) is 15.6. The van der Waals surface area contributed by atoms with Crippen molar-refractivity contribution in [2.45, 2.75) is 125 Å². The number of rotatable bonds is 3. The van der Waals surface area contributed by atoms with Gasteiger partial charge in [-0.3, -0.25) is 4.79 Å². The first-order chi connectivity index (χ1) is 20.5. The van der Waals surface area contributed by atoms with Gasteiger partial charge in [-0.25, -0.2) is 9.59 Å². The Labute approximate surface area is 263 Å². The Morgan fingerprint density at radius 2 is 1.48 bits per heavy atom. The number of carbonyl (C=O) groups excluding carboxylic acids is 2. The quantitative estimate of drug-likeness (QED) is 0.349. The normalized spacial score (nSPS) is 46.4. The molecule has 1 heterocycles. The van der Waals surface area contributed by atoms with Gasteiger partial charge in [-0.1, -0.05) is 60.6 Å². The molecule has 0 unspecified atom stereocenters. The number of fused-ring (bicyclic) bond motifs is 5. The minimum absolute atomic E-state index is 0.00876. The van der Waals surface area contributed by atoms with Crippen molar-refractivity contribution in [2.75, 3.05) is 0 Å². The molecule has 6 heteroatoms. The summed E-state index contributed by atoms with van der Waals surface area (Å²) in [5, 5.41) is 9.65. The van der Waals surface area contributed by atoms with Crippen molar-refractivity contribution in [1.29, 1.82) is 0 Å². The fourth-order valence-electron chi connectivity index (χ4n) is 13.1. The number of carboxylic acids is 1. The summed E-state index contributed by atoms with van der Waals surface area (Å²) >= 11 is 0. The van der Waals surface area contributed by atoms with Gasteiger partial charge in [0.1, 0.15) is 12.2 Å². The Kier molecular flexibility index (Phi) is 6.43. The number of esters is 2. The highest BCUT2D eigenvalue weighted by atomic mass is 16.6. The zero-order chi connectivity index (χ0) is 31.7. The van der Waals surface area contributed by atoms with Gasteiger partial charge in [-0.05, 0) is 110 Å². The second-order valence-electron chi connectivity index (χ2n) is 17.8. The molecular weight excluding hydrogens is 552 g/mol. The van der Waals surface area contributed by atoms with Gasteiger partial charge in [-0.2, -0.15) is 0 Å². The fraction of sp³-hybridized carbons (Fsp3) is 0.763. The summed E-state index contributed by atoms with van der Waals surface area (Å²) in [6.07, 6.45) is 10.3. The summed E-state index contributed by atoms with van der Waals surface area (Å²) in [4.78, 5) is 38.7. The molecule has 1 aromatic carbocycles. The van der Waals surface area contributed by atoms with E-state index in [2.05, 4.69) is 48.5 Å². The maximum atomic E-state index is 13.5.